The van der Waals surface area contributed by atoms with Crippen molar-refractivity contribution in [2.75, 3.05) is 13.2 Å². The Labute approximate surface area is 90.2 Å². The van der Waals surface area contributed by atoms with Crippen LogP contribution in [0.5, 0.6) is 0 Å². The van der Waals surface area contributed by atoms with E-state index < -0.39 is 0 Å². The smallest absolute Gasteiger partial charge is 0.122 e. The topological polar surface area (TPSA) is 29.5 Å². The Balaban J connectivity index is 2.29. The van der Waals surface area contributed by atoms with Crippen molar-refractivity contribution in [2.24, 2.45) is 0 Å². The van der Waals surface area contributed by atoms with E-state index in [1.807, 2.05) is 18.2 Å². The summed E-state index contributed by atoms with van der Waals surface area (Å²) < 4.78 is 5.63. The summed E-state index contributed by atoms with van der Waals surface area (Å²) >= 11 is 0. The van der Waals surface area contributed by atoms with Crippen molar-refractivity contribution in [3.63, 3.8) is 0 Å². The summed E-state index contributed by atoms with van der Waals surface area (Å²) in [6, 6.07) is 8.11. The molecule has 0 unspecified atom stereocenters. The van der Waals surface area contributed by atoms with Gasteiger partial charge in [-0.3, -0.25) is 0 Å². The minimum absolute atomic E-state index is 0.185. The number of benzene rings is 1. The van der Waals surface area contributed by atoms with E-state index in [0.717, 1.165) is 36.3 Å². The van der Waals surface area contributed by atoms with Gasteiger partial charge in [-0.15, -0.1) is 0 Å². The van der Waals surface area contributed by atoms with Gasteiger partial charge in [0.15, 0.2) is 0 Å². The third kappa shape index (κ3) is 2.39. The number of hydrogen-bond donors (Lipinski definition) is 1. The van der Waals surface area contributed by atoms with E-state index in [0.29, 0.717) is 6.42 Å². The Morgan fingerprint density at radius 3 is 2.87 bits per heavy atom. The van der Waals surface area contributed by atoms with Gasteiger partial charge in [-0.25, -0.2) is 0 Å². The summed E-state index contributed by atoms with van der Waals surface area (Å²) in [5, 5.41) is 8.98. The first-order valence-electron chi connectivity index (χ1n) is 5.44. The van der Waals surface area contributed by atoms with E-state index in [-0.39, 0.29) is 6.61 Å². The van der Waals surface area contributed by atoms with Crippen LogP contribution in [0.25, 0.3) is 5.76 Å². The second-order valence-corrected chi connectivity index (χ2v) is 3.69. The van der Waals surface area contributed by atoms with Crippen molar-refractivity contribution < 1.29 is 9.84 Å². The van der Waals surface area contributed by atoms with Gasteiger partial charge >= 0.3 is 0 Å². The monoisotopic (exact) mass is 204 g/mol. The molecule has 0 aromatic heterocycles. The highest BCUT2D eigenvalue weighted by atomic mass is 16.5. The van der Waals surface area contributed by atoms with Crippen LogP contribution >= 0.6 is 0 Å². The molecule has 0 radical (unpaired) electrons. The number of aliphatic hydroxyl groups is 1. The minimum atomic E-state index is 0.185. The standard InChI is InChI=1S/C13H16O2/c14-9-8-11-5-1-2-6-12(11)13-7-3-4-10-15-13/h1-2,5-7,14H,3-4,8-10H2. The Morgan fingerprint density at radius 2 is 2.13 bits per heavy atom. The lowest BCUT2D eigenvalue weighted by atomic mass is 10.0. The SMILES string of the molecule is OCCc1ccccc1C1=CCCCO1. The normalized spacial score (nSPS) is 15.7. The molecule has 1 aliphatic heterocycles. The van der Waals surface area contributed by atoms with Gasteiger partial charge in [0.05, 0.1) is 6.61 Å². The minimum Gasteiger partial charge on any atom is -0.493 e. The number of rotatable bonds is 3. The molecule has 1 aromatic rings. The molecule has 0 aliphatic carbocycles. The third-order valence-electron chi connectivity index (χ3n) is 2.60. The Kier molecular flexibility index (Phi) is 3.41. The van der Waals surface area contributed by atoms with Crippen molar-refractivity contribution in [1.82, 2.24) is 0 Å². The summed E-state index contributed by atoms with van der Waals surface area (Å²) in [5.41, 5.74) is 2.29. The molecule has 0 atom stereocenters. The van der Waals surface area contributed by atoms with Crippen LogP contribution in [0, 0.1) is 0 Å². The van der Waals surface area contributed by atoms with E-state index in [4.69, 9.17) is 9.84 Å². The molecule has 2 heteroatoms. The van der Waals surface area contributed by atoms with Crippen LogP contribution in [-0.4, -0.2) is 18.3 Å². The fourth-order valence-corrected chi connectivity index (χ4v) is 1.84. The second-order valence-electron chi connectivity index (χ2n) is 3.69. The molecule has 1 aliphatic rings. The number of aliphatic hydroxyl groups excluding tert-OH is 1. The molecule has 1 aromatic carbocycles. The Bertz CT molecular complexity index is 355. The lowest BCUT2D eigenvalue weighted by Gasteiger charge is -2.17. The lowest BCUT2D eigenvalue weighted by molar-refractivity contribution is 0.258. The second kappa shape index (κ2) is 4.99. The van der Waals surface area contributed by atoms with Gasteiger partial charge in [0.2, 0.25) is 0 Å². The molecule has 2 rings (SSSR count). The molecule has 15 heavy (non-hydrogen) atoms. The zero-order valence-electron chi connectivity index (χ0n) is 8.78. The van der Waals surface area contributed by atoms with Crippen molar-refractivity contribution >= 4 is 5.76 Å². The van der Waals surface area contributed by atoms with Gasteiger partial charge in [-0.2, -0.15) is 0 Å². The zero-order valence-corrected chi connectivity index (χ0v) is 8.78. The van der Waals surface area contributed by atoms with E-state index in [2.05, 4.69) is 12.1 Å². The summed E-state index contributed by atoms with van der Waals surface area (Å²) in [5.74, 6) is 0.977. The van der Waals surface area contributed by atoms with E-state index in [9.17, 15) is 0 Å². The molecule has 0 fully saturated rings. The van der Waals surface area contributed by atoms with Gasteiger partial charge in [0.1, 0.15) is 5.76 Å². The van der Waals surface area contributed by atoms with Gasteiger partial charge < -0.3 is 9.84 Å². The molecule has 2 nitrogen and oxygen atoms in total. The summed E-state index contributed by atoms with van der Waals surface area (Å²) in [7, 11) is 0. The molecule has 0 bridgehead atoms. The quantitative estimate of drug-likeness (QED) is 0.819. The van der Waals surface area contributed by atoms with Gasteiger partial charge in [-0.05, 0) is 30.9 Å². The molecule has 0 spiro atoms. The van der Waals surface area contributed by atoms with Gasteiger partial charge in [-0.1, -0.05) is 24.3 Å². The highest BCUT2D eigenvalue weighted by Crippen LogP contribution is 2.24. The van der Waals surface area contributed by atoms with Crippen LogP contribution in [-0.2, 0) is 11.2 Å². The van der Waals surface area contributed by atoms with Crippen molar-refractivity contribution in [3.05, 3.63) is 41.5 Å². The molecule has 80 valence electrons. The van der Waals surface area contributed by atoms with Crippen molar-refractivity contribution in [2.45, 2.75) is 19.3 Å². The lowest BCUT2D eigenvalue weighted by Crippen LogP contribution is -2.04. The molecule has 1 heterocycles. The first kappa shape index (κ1) is 10.2. The zero-order chi connectivity index (χ0) is 10.5. The molecule has 0 saturated carbocycles. The number of ether oxygens (including phenoxy) is 1. The third-order valence-corrected chi connectivity index (χ3v) is 2.60. The van der Waals surface area contributed by atoms with Crippen molar-refractivity contribution in [3.8, 4) is 0 Å². The summed E-state index contributed by atoms with van der Waals surface area (Å²) in [6.07, 6.45) is 5.02. The fraction of sp³-hybridized carbons (Fsp3) is 0.385. The average Bonchev–Trinajstić information content (AvgIpc) is 2.31. The van der Waals surface area contributed by atoms with Crippen LogP contribution < -0.4 is 0 Å². The maximum absolute atomic E-state index is 8.98. The highest BCUT2D eigenvalue weighted by molar-refractivity contribution is 5.63. The van der Waals surface area contributed by atoms with Crippen LogP contribution in [0.1, 0.15) is 24.0 Å². The number of allylic oxidation sites excluding steroid dienone is 1. The summed E-state index contributed by atoms with van der Waals surface area (Å²) in [6.45, 7) is 0.990. The molecule has 1 N–H and O–H groups in total. The predicted octanol–water partition coefficient (Wildman–Crippen LogP) is 2.37. The Hall–Kier alpha value is -1.28. The maximum Gasteiger partial charge on any atom is 0.122 e. The average molecular weight is 204 g/mol. The first-order chi connectivity index (χ1) is 7.42. The molecule has 0 saturated heterocycles. The van der Waals surface area contributed by atoms with Crippen LogP contribution in [0.3, 0.4) is 0 Å². The maximum atomic E-state index is 8.98. The van der Waals surface area contributed by atoms with Crippen LogP contribution in [0.15, 0.2) is 30.3 Å². The fourth-order valence-electron chi connectivity index (χ4n) is 1.84. The van der Waals surface area contributed by atoms with Crippen molar-refractivity contribution in [1.29, 1.82) is 0 Å². The van der Waals surface area contributed by atoms with Gasteiger partial charge in [0.25, 0.3) is 0 Å². The van der Waals surface area contributed by atoms with E-state index >= 15 is 0 Å². The van der Waals surface area contributed by atoms with Crippen LogP contribution in [0.2, 0.25) is 0 Å². The largest absolute Gasteiger partial charge is 0.493 e. The highest BCUT2D eigenvalue weighted by Gasteiger charge is 2.10. The van der Waals surface area contributed by atoms with E-state index in [1.165, 1.54) is 0 Å². The van der Waals surface area contributed by atoms with E-state index in [1.54, 1.807) is 0 Å². The first-order valence-corrected chi connectivity index (χ1v) is 5.44. The molecular formula is C13H16O2. The predicted molar refractivity (Wildman–Crippen MR) is 60.4 cm³/mol. The Morgan fingerprint density at radius 1 is 1.27 bits per heavy atom. The number of hydrogen-bond acceptors (Lipinski definition) is 2. The van der Waals surface area contributed by atoms with Gasteiger partial charge in [0, 0.05) is 12.2 Å². The molecular weight excluding hydrogens is 188 g/mol. The van der Waals surface area contributed by atoms with Crippen LogP contribution in [0.4, 0.5) is 0 Å². The molecule has 0 amide bonds. The summed E-state index contributed by atoms with van der Waals surface area (Å²) in [4.78, 5) is 0.